The second-order valence-electron chi connectivity index (χ2n) is 9.81. The zero-order valence-electron chi connectivity index (χ0n) is 20.6. The fourth-order valence-corrected chi connectivity index (χ4v) is 5.95. The van der Waals surface area contributed by atoms with Crippen molar-refractivity contribution < 1.29 is 13.6 Å². The van der Waals surface area contributed by atoms with Gasteiger partial charge in [0.15, 0.2) is 5.65 Å². The van der Waals surface area contributed by atoms with Gasteiger partial charge < -0.3 is 10.2 Å². The number of amides is 1. The Balaban J connectivity index is 1.24. The lowest BCUT2D eigenvalue weighted by Crippen LogP contribution is -2.47. The molecule has 0 spiro atoms. The van der Waals surface area contributed by atoms with Crippen LogP contribution < -0.4 is 16.6 Å². The first-order valence-corrected chi connectivity index (χ1v) is 13.7. The van der Waals surface area contributed by atoms with Gasteiger partial charge in [-0.05, 0) is 84.7 Å². The number of hydrogen-bond acceptors (Lipinski definition) is 6. The third-order valence-electron chi connectivity index (χ3n) is 7.29. The van der Waals surface area contributed by atoms with Crippen molar-refractivity contribution in [3.05, 3.63) is 90.9 Å². The van der Waals surface area contributed by atoms with E-state index in [1.54, 1.807) is 29.2 Å². The van der Waals surface area contributed by atoms with E-state index < -0.39 is 35.0 Å². The van der Waals surface area contributed by atoms with Crippen molar-refractivity contribution in [3.8, 4) is 5.69 Å². The number of aromatic nitrogens is 3. The number of amidine groups is 1. The Morgan fingerprint density at radius 1 is 1.08 bits per heavy atom. The molecule has 1 saturated carbocycles. The molecule has 2 aromatic heterocycles. The van der Waals surface area contributed by atoms with Gasteiger partial charge in [-0.15, -0.1) is 0 Å². The zero-order valence-corrected chi connectivity index (χ0v) is 22.7. The van der Waals surface area contributed by atoms with Crippen LogP contribution in [0.1, 0.15) is 31.7 Å². The van der Waals surface area contributed by atoms with Crippen LogP contribution in [0, 0.1) is 9.39 Å². The molecule has 1 aliphatic carbocycles. The molecule has 200 valence electrons. The van der Waals surface area contributed by atoms with E-state index in [4.69, 9.17) is 0 Å². The van der Waals surface area contributed by atoms with E-state index in [2.05, 4.69) is 37.9 Å². The van der Waals surface area contributed by atoms with Gasteiger partial charge in [-0.25, -0.2) is 23.1 Å². The zero-order chi connectivity index (χ0) is 27.3. The molecule has 1 unspecified atom stereocenters. The molecule has 1 fully saturated rings. The number of carbonyl (C=O) groups excluding carboxylic acids is 1. The molecule has 1 atom stereocenters. The SMILES string of the molecule is O=C(NC1CCC(n2c(=O)c3cc(F)cnc3n(-c3cccc(I)c3)c2=O)CC1)C1CN2C=C(F)C=CC2=N1. The third kappa shape index (κ3) is 4.81. The quantitative estimate of drug-likeness (QED) is 0.440. The highest BCUT2D eigenvalue weighted by Gasteiger charge is 2.33. The molecule has 9 nitrogen and oxygen atoms in total. The monoisotopic (exact) mass is 644 g/mol. The highest BCUT2D eigenvalue weighted by Crippen LogP contribution is 2.28. The van der Waals surface area contributed by atoms with E-state index in [0.29, 0.717) is 37.2 Å². The Morgan fingerprint density at radius 3 is 2.64 bits per heavy atom. The van der Waals surface area contributed by atoms with Crippen molar-refractivity contribution in [2.75, 3.05) is 6.54 Å². The standard InChI is InChI=1S/C27H23F2IN6O3/c28-15-4-9-23-33-22(14-34(23)13-15)25(37)32-18-5-7-19(8-6-18)36-26(38)21-10-16(29)12-31-24(21)35(27(36)39)20-3-1-2-17(30)11-20/h1-4,9-13,18-19,22H,5-8,14H2,(H,32,37). The minimum Gasteiger partial charge on any atom is -0.351 e. The van der Waals surface area contributed by atoms with E-state index in [-0.39, 0.29) is 29.5 Å². The maximum absolute atomic E-state index is 14.1. The Morgan fingerprint density at radius 2 is 1.87 bits per heavy atom. The lowest BCUT2D eigenvalue weighted by molar-refractivity contribution is -0.123. The number of benzene rings is 1. The number of carbonyl (C=O) groups is 1. The molecule has 39 heavy (non-hydrogen) atoms. The van der Waals surface area contributed by atoms with Gasteiger partial charge in [0, 0.05) is 21.9 Å². The molecule has 0 radical (unpaired) electrons. The van der Waals surface area contributed by atoms with E-state index >= 15 is 0 Å². The summed E-state index contributed by atoms with van der Waals surface area (Å²) in [4.78, 5) is 50.1. The number of nitrogens with one attached hydrogen (secondary N) is 1. The summed E-state index contributed by atoms with van der Waals surface area (Å²) in [5, 5.41) is 3.05. The summed E-state index contributed by atoms with van der Waals surface area (Å²) in [7, 11) is 0. The average molecular weight is 644 g/mol. The van der Waals surface area contributed by atoms with Gasteiger partial charge in [-0.3, -0.25) is 19.1 Å². The van der Waals surface area contributed by atoms with Crippen LogP contribution in [-0.4, -0.2) is 49.4 Å². The minimum absolute atomic E-state index is 0.0280. The van der Waals surface area contributed by atoms with Gasteiger partial charge in [-0.2, -0.15) is 0 Å². The van der Waals surface area contributed by atoms with Crippen LogP contribution in [0.3, 0.4) is 0 Å². The predicted octanol–water partition coefficient (Wildman–Crippen LogP) is 3.35. The lowest BCUT2D eigenvalue weighted by Gasteiger charge is -2.30. The Labute approximate surface area is 234 Å². The van der Waals surface area contributed by atoms with Crippen LogP contribution >= 0.6 is 22.6 Å². The molecule has 2 aliphatic heterocycles. The summed E-state index contributed by atoms with van der Waals surface area (Å²) in [6, 6.07) is 7.12. The number of aliphatic imine (C=N–C) groups is 1. The molecule has 1 N–H and O–H groups in total. The van der Waals surface area contributed by atoms with Crippen molar-refractivity contribution in [1.82, 2.24) is 24.3 Å². The third-order valence-corrected chi connectivity index (χ3v) is 7.96. The van der Waals surface area contributed by atoms with Crippen molar-refractivity contribution >= 4 is 45.4 Å². The number of halogens is 3. The largest absolute Gasteiger partial charge is 0.351 e. The van der Waals surface area contributed by atoms with Crippen LogP contribution in [0.5, 0.6) is 0 Å². The molecular weight excluding hydrogens is 621 g/mol. The van der Waals surface area contributed by atoms with E-state index in [9.17, 15) is 23.2 Å². The molecule has 1 aromatic carbocycles. The average Bonchev–Trinajstić information content (AvgIpc) is 3.34. The number of rotatable bonds is 4. The van der Waals surface area contributed by atoms with Gasteiger partial charge in [0.05, 0.1) is 23.8 Å². The van der Waals surface area contributed by atoms with Gasteiger partial charge in [0.25, 0.3) is 5.56 Å². The molecular formula is C27H23F2IN6O3. The topological polar surface area (TPSA) is 102 Å². The normalized spacial score (nSPS) is 22.4. The summed E-state index contributed by atoms with van der Waals surface area (Å²) < 4.78 is 31.1. The summed E-state index contributed by atoms with van der Waals surface area (Å²) in [6.45, 7) is 0.267. The van der Waals surface area contributed by atoms with Crippen molar-refractivity contribution in [2.45, 2.75) is 43.8 Å². The van der Waals surface area contributed by atoms with Crippen molar-refractivity contribution in [2.24, 2.45) is 4.99 Å². The van der Waals surface area contributed by atoms with E-state index in [1.807, 2.05) is 6.07 Å². The lowest BCUT2D eigenvalue weighted by atomic mass is 9.90. The van der Waals surface area contributed by atoms with Crippen LogP contribution in [0.4, 0.5) is 8.78 Å². The molecule has 0 bridgehead atoms. The smallest absolute Gasteiger partial charge is 0.337 e. The molecule has 12 heteroatoms. The molecule has 6 rings (SSSR count). The second-order valence-corrected chi connectivity index (χ2v) is 11.1. The summed E-state index contributed by atoms with van der Waals surface area (Å²) in [6.07, 6.45) is 7.21. The first-order chi connectivity index (χ1) is 18.8. The number of fused-ring (bicyclic) bond motifs is 2. The fraction of sp³-hybridized carbons (Fsp3) is 0.296. The predicted molar refractivity (Wildman–Crippen MR) is 150 cm³/mol. The maximum atomic E-state index is 14.1. The molecule has 3 aliphatic rings. The second kappa shape index (κ2) is 10.1. The summed E-state index contributed by atoms with van der Waals surface area (Å²) in [5.74, 6) is -0.748. The van der Waals surface area contributed by atoms with Crippen LogP contribution in [-0.2, 0) is 4.79 Å². The van der Waals surface area contributed by atoms with Gasteiger partial charge in [-0.1, -0.05) is 6.07 Å². The van der Waals surface area contributed by atoms with Crippen LogP contribution in [0.15, 0.2) is 75.3 Å². The van der Waals surface area contributed by atoms with Crippen LogP contribution in [0.25, 0.3) is 16.7 Å². The Hall–Kier alpha value is -3.68. The molecule has 4 heterocycles. The van der Waals surface area contributed by atoms with E-state index in [1.165, 1.54) is 21.4 Å². The number of pyridine rings is 1. The van der Waals surface area contributed by atoms with Gasteiger partial charge in [0.2, 0.25) is 5.91 Å². The molecule has 0 saturated heterocycles. The first-order valence-electron chi connectivity index (χ1n) is 12.6. The van der Waals surface area contributed by atoms with Gasteiger partial charge in [0.1, 0.15) is 23.5 Å². The first kappa shape index (κ1) is 25.6. The number of hydrogen-bond donors (Lipinski definition) is 1. The highest BCUT2D eigenvalue weighted by atomic mass is 127. The Kier molecular flexibility index (Phi) is 6.65. The highest BCUT2D eigenvalue weighted by molar-refractivity contribution is 14.1. The minimum atomic E-state index is -0.661. The number of nitrogens with zero attached hydrogens (tertiary/aromatic N) is 5. The van der Waals surface area contributed by atoms with Crippen molar-refractivity contribution in [3.63, 3.8) is 0 Å². The fourth-order valence-electron chi connectivity index (χ4n) is 5.43. The maximum Gasteiger partial charge on any atom is 0.337 e. The van der Waals surface area contributed by atoms with Crippen molar-refractivity contribution in [1.29, 1.82) is 0 Å². The Bertz CT molecular complexity index is 1700. The molecule has 1 amide bonds. The van der Waals surface area contributed by atoms with Gasteiger partial charge >= 0.3 is 5.69 Å². The number of allylic oxidation sites excluding steroid dienone is 2. The van der Waals surface area contributed by atoms with E-state index in [0.717, 1.165) is 15.8 Å². The summed E-state index contributed by atoms with van der Waals surface area (Å²) >= 11 is 2.14. The molecule has 3 aromatic rings. The summed E-state index contributed by atoms with van der Waals surface area (Å²) in [5.41, 5.74) is -0.481. The van der Waals surface area contributed by atoms with Crippen LogP contribution in [0.2, 0.25) is 0 Å².